The molecule has 1 aromatic rings. The molecule has 18 heavy (non-hydrogen) atoms. The van der Waals surface area contributed by atoms with Crippen LogP contribution in [0.2, 0.25) is 0 Å². The van der Waals surface area contributed by atoms with Crippen molar-refractivity contribution in [3.8, 4) is 0 Å². The Bertz CT molecular complexity index is 407. The molecule has 2 rings (SSSR count). The quantitative estimate of drug-likeness (QED) is 0.715. The summed E-state index contributed by atoms with van der Waals surface area (Å²) >= 11 is 0. The first-order valence-corrected chi connectivity index (χ1v) is 6.84. The van der Waals surface area contributed by atoms with E-state index in [0.29, 0.717) is 6.42 Å². The van der Waals surface area contributed by atoms with Gasteiger partial charge in [0, 0.05) is 0 Å². The average Bonchev–Trinajstić information content (AvgIpc) is 3.20. The number of benzene rings is 1. The lowest BCUT2D eigenvalue weighted by atomic mass is 9.95. The molecule has 2 heteroatoms. The number of hydrogen-bond acceptors (Lipinski definition) is 2. The van der Waals surface area contributed by atoms with Crippen LogP contribution in [0.25, 0.3) is 0 Å². The Morgan fingerprint density at radius 2 is 2.22 bits per heavy atom. The summed E-state index contributed by atoms with van der Waals surface area (Å²) in [6.45, 7) is 2.08. The molecular formula is C16H22O2. The largest absolute Gasteiger partial charge is 0.469 e. The Kier molecular flexibility index (Phi) is 4.40. The van der Waals surface area contributed by atoms with Gasteiger partial charge in [0.2, 0.25) is 0 Å². The molecule has 1 aromatic carbocycles. The summed E-state index contributed by atoms with van der Waals surface area (Å²) in [5.41, 5.74) is 2.64. The minimum absolute atomic E-state index is 0.133. The van der Waals surface area contributed by atoms with Gasteiger partial charge in [0.1, 0.15) is 0 Å². The highest BCUT2D eigenvalue weighted by atomic mass is 16.5. The van der Waals surface area contributed by atoms with E-state index in [0.717, 1.165) is 5.92 Å². The summed E-state index contributed by atoms with van der Waals surface area (Å²) in [6, 6.07) is 8.65. The van der Waals surface area contributed by atoms with Gasteiger partial charge in [-0.05, 0) is 35.8 Å². The predicted molar refractivity (Wildman–Crippen MR) is 72.5 cm³/mol. The molecule has 1 unspecified atom stereocenters. The minimum atomic E-state index is -0.133. The van der Waals surface area contributed by atoms with E-state index in [9.17, 15) is 4.79 Å². The topological polar surface area (TPSA) is 26.3 Å². The fourth-order valence-corrected chi connectivity index (χ4v) is 2.28. The lowest BCUT2D eigenvalue weighted by Crippen LogP contribution is -2.06. The van der Waals surface area contributed by atoms with Crippen molar-refractivity contribution in [3.05, 3.63) is 35.4 Å². The number of carbonyl (C=O) groups is 1. The monoisotopic (exact) mass is 246 g/mol. The maximum Gasteiger partial charge on any atom is 0.306 e. The second kappa shape index (κ2) is 6.03. The van der Waals surface area contributed by atoms with Crippen LogP contribution in [0.15, 0.2) is 24.3 Å². The van der Waals surface area contributed by atoms with Crippen LogP contribution in [-0.4, -0.2) is 13.1 Å². The molecule has 0 aliphatic heterocycles. The number of esters is 1. The molecule has 0 aromatic heterocycles. The van der Waals surface area contributed by atoms with Gasteiger partial charge in [0.05, 0.1) is 13.5 Å². The number of rotatable bonds is 6. The third-order valence-corrected chi connectivity index (χ3v) is 3.76. The second-order valence-electron chi connectivity index (χ2n) is 5.41. The van der Waals surface area contributed by atoms with Crippen molar-refractivity contribution in [2.24, 2.45) is 5.92 Å². The van der Waals surface area contributed by atoms with Gasteiger partial charge < -0.3 is 4.74 Å². The van der Waals surface area contributed by atoms with E-state index in [2.05, 4.69) is 31.2 Å². The van der Waals surface area contributed by atoms with Crippen LogP contribution in [0.4, 0.5) is 0 Å². The first-order valence-electron chi connectivity index (χ1n) is 6.84. The number of ether oxygens (including phenoxy) is 1. The molecule has 0 N–H and O–H groups in total. The Morgan fingerprint density at radius 3 is 2.89 bits per heavy atom. The summed E-state index contributed by atoms with van der Waals surface area (Å²) in [5.74, 6) is 1.07. The van der Waals surface area contributed by atoms with Crippen molar-refractivity contribution < 1.29 is 9.53 Å². The fraction of sp³-hybridized carbons (Fsp3) is 0.562. The molecule has 2 nitrogen and oxygen atoms in total. The number of carbonyl (C=O) groups excluding carboxylic acids is 1. The molecule has 0 spiro atoms. The fourth-order valence-electron chi connectivity index (χ4n) is 2.28. The van der Waals surface area contributed by atoms with Gasteiger partial charge in [-0.25, -0.2) is 0 Å². The van der Waals surface area contributed by atoms with Gasteiger partial charge in [-0.1, -0.05) is 44.0 Å². The summed E-state index contributed by atoms with van der Waals surface area (Å²) in [6.07, 6.45) is 5.78. The molecule has 0 saturated heterocycles. The maximum atomic E-state index is 11.3. The highest BCUT2D eigenvalue weighted by molar-refractivity contribution is 5.70. The third kappa shape index (κ3) is 3.86. The SMILES string of the molecule is COC(=O)CC(C)c1cccc(CCC2CC2)c1. The Balaban J connectivity index is 1.94. The van der Waals surface area contributed by atoms with E-state index in [1.165, 1.54) is 43.9 Å². The zero-order chi connectivity index (χ0) is 13.0. The van der Waals surface area contributed by atoms with Gasteiger partial charge in [-0.3, -0.25) is 4.79 Å². The molecule has 1 saturated carbocycles. The highest BCUT2D eigenvalue weighted by Crippen LogP contribution is 2.33. The molecule has 98 valence electrons. The number of hydrogen-bond donors (Lipinski definition) is 0. The molecule has 1 fully saturated rings. The first-order chi connectivity index (χ1) is 8.69. The molecule has 1 aliphatic carbocycles. The zero-order valence-electron chi connectivity index (χ0n) is 11.3. The van der Waals surface area contributed by atoms with E-state index < -0.39 is 0 Å². The first kappa shape index (κ1) is 13.1. The van der Waals surface area contributed by atoms with Crippen LogP contribution < -0.4 is 0 Å². The Morgan fingerprint density at radius 1 is 1.44 bits per heavy atom. The molecule has 0 heterocycles. The molecule has 0 radical (unpaired) electrons. The summed E-state index contributed by atoms with van der Waals surface area (Å²) in [4.78, 5) is 11.3. The molecule has 0 amide bonds. The standard InChI is InChI=1S/C16H22O2/c1-12(10-16(17)18-2)15-5-3-4-14(11-15)9-8-13-6-7-13/h3-5,11-13H,6-10H2,1-2H3. The zero-order valence-corrected chi connectivity index (χ0v) is 11.3. The van der Waals surface area contributed by atoms with Crippen LogP contribution in [0.1, 0.15) is 49.7 Å². The van der Waals surface area contributed by atoms with Crippen molar-refractivity contribution in [2.45, 2.75) is 44.9 Å². The lowest BCUT2D eigenvalue weighted by molar-refractivity contribution is -0.140. The Hall–Kier alpha value is -1.31. The van der Waals surface area contributed by atoms with E-state index in [4.69, 9.17) is 4.74 Å². The summed E-state index contributed by atoms with van der Waals surface area (Å²) in [5, 5.41) is 0. The van der Waals surface area contributed by atoms with Crippen molar-refractivity contribution >= 4 is 5.97 Å². The second-order valence-corrected chi connectivity index (χ2v) is 5.41. The third-order valence-electron chi connectivity index (χ3n) is 3.76. The maximum absolute atomic E-state index is 11.3. The van der Waals surface area contributed by atoms with Gasteiger partial charge >= 0.3 is 5.97 Å². The van der Waals surface area contributed by atoms with E-state index >= 15 is 0 Å². The molecule has 1 aliphatic rings. The van der Waals surface area contributed by atoms with E-state index in [-0.39, 0.29) is 11.9 Å². The van der Waals surface area contributed by atoms with Crippen LogP contribution in [0.3, 0.4) is 0 Å². The molecule has 1 atom stereocenters. The van der Waals surface area contributed by atoms with Crippen molar-refractivity contribution in [2.75, 3.05) is 7.11 Å². The van der Waals surface area contributed by atoms with Crippen LogP contribution in [0, 0.1) is 5.92 Å². The normalized spacial score (nSPS) is 16.3. The highest BCUT2D eigenvalue weighted by Gasteiger charge is 2.20. The predicted octanol–water partition coefficient (Wildman–Crippen LogP) is 3.70. The molecule has 0 bridgehead atoms. The smallest absolute Gasteiger partial charge is 0.306 e. The van der Waals surface area contributed by atoms with E-state index in [1.54, 1.807) is 0 Å². The van der Waals surface area contributed by atoms with Crippen LogP contribution in [-0.2, 0) is 16.0 Å². The number of aryl methyl sites for hydroxylation is 1. The van der Waals surface area contributed by atoms with Gasteiger partial charge in [-0.2, -0.15) is 0 Å². The van der Waals surface area contributed by atoms with Crippen LogP contribution in [0.5, 0.6) is 0 Å². The van der Waals surface area contributed by atoms with Gasteiger partial charge in [-0.15, -0.1) is 0 Å². The van der Waals surface area contributed by atoms with Gasteiger partial charge in [0.25, 0.3) is 0 Å². The average molecular weight is 246 g/mol. The lowest BCUT2D eigenvalue weighted by Gasteiger charge is -2.12. The Labute approximate surface area is 109 Å². The van der Waals surface area contributed by atoms with Crippen molar-refractivity contribution in [1.82, 2.24) is 0 Å². The number of methoxy groups -OCH3 is 1. The summed E-state index contributed by atoms with van der Waals surface area (Å²) in [7, 11) is 1.45. The van der Waals surface area contributed by atoms with Crippen LogP contribution >= 0.6 is 0 Å². The van der Waals surface area contributed by atoms with Gasteiger partial charge in [0.15, 0.2) is 0 Å². The van der Waals surface area contributed by atoms with Crippen molar-refractivity contribution in [3.63, 3.8) is 0 Å². The minimum Gasteiger partial charge on any atom is -0.469 e. The van der Waals surface area contributed by atoms with E-state index in [1.807, 2.05) is 0 Å². The molecular weight excluding hydrogens is 224 g/mol. The summed E-state index contributed by atoms with van der Waals surface area (Å²) < 4.78 is 4.72. The van der Waals surface area contributed by atoms with Crippen molar-refractivity contribution in [1.29, 1.82) is 0 Å².